The summed E-state index contributed by atoms with van der Waals surface area (Å²) in [5, 5.41) is 25.1. The molecule has 0 saturated carbocycles. The van der Waals surface area contributed by atoms with Gasteiger partial charge in [-0.05, 0) is 86.8 Å². The first-order valence-electron chi connectivity index (χ1n) is 12.5. The van der Waals surface area contributed by atoms with Gasteiger partial charge in [-0.25, -0.2) is 0 Å². The quantitative estimate of drug-likeness (QED) is 0.563. The molecule has 4 rings (SSSR count). The average Bonchev–Trinajstić information content (AvgIpc) is 2.81. The Morgan fingerprint density at radius 2 is 1.62 bits per heavy atom. The largest absolute Gasteiger partial charge is 0.507 e. The van der Waals surface area contributed by atoms with Crippen molar-refractivity contribution in [3.63, 3.8) is 0 Å². The summed E-state index contributed by atoms with van der Waals surface area (Å²) in [6.07, 6.45) is 7.04. The van der Waals surface area contributed by atoms with Gasteiger partial charge in [0.25, 0.3) is 0 Å². The Balaban J connectivity index is 1.68. The fourth-order valence-electron chi connectivity index (χ4n) is 5.44. The zero-order chi connectivity index (χ0) is 24.1. The van der Waals surface area contributed by atoms with Crippen LogP contribution in [0.2, 0.25) is 0 Å². The number of methoxy groups -OCH3 is 1. The topological polar surface area (TPSA) is 88.0 Å². The van der Waals surface area contributed by atoms with Crippen molar-refractivity contribution in [3.05, 3.63) is 47.5 Å². The predicted octanol–water partition coefficient (Wildman–Crippen LogP) is 4.53. The molecule has 0 radical (unpaired) electrons. The molecule has 6 heteroatoms. The summed E-state index contributed by atoms with van der Waals surface area (Å²) in [6, 6.07) is 12.2. The molecule has 6 nitrogen and oxygen atoms in total. The lowest BCUT2D eigenvalue weighted by molar-refractivity contribution is -0.147. The Kier molecular flexibility index (Phi) is 8.11. The van der Waals surface area contributed by atoms with E-state index in [9.17, 15) is 15.0 Å². The third kappa shape index (κ3) is 6.30. The summed E-state index contributed by atoms with van der Waals surface area (Å²) in [5.41, 5.74) is 3.75. The molecule has 2 aliphatic heterocycles. The number of piperidine rings is 1. The summed E-state index contributed by atoms with van der Waals surface area (Å²) in [7, 11) is 1.63. The minimum absolute atomic E-state index is 0.170. The molecule has 0 aliphatic carbocycles. The SMILES string of the molecule is COc1ccc2cc1-c1cc(ccc1O)CCC(O)CC1CCCC(CC(OC(C)=O)CC2)N1. The van der Waals surface area contributed by atoms with Crippen molar-refractivity contribution in [2.45, 2.75) is 89.0 Å². The lowest BCUT2D eigenvalue weighted by Gasteiger charge is -2.34. The van der Waals surface area contributed by atoms with Gasteiger partial charge in [-0.15, -0.1) is 0 Å². The summed E-state index contributed by atoms with van der Waals surface area (Å²) >= 11 is 0. The molecule has 0 aromatic heterocycles. The molecule has 2 aliphatic rings. The van der Waals surface area contributed by atoms with E-state index < -0.39 is 6.10 Å². The normalized spacial score (nSPS) is 25.7. The van der Waals surface area contributed by atoms with Crippen molar-refractivity contribution in [1.82, 2.24) is 5.32 Å². The number of phenolic OH excluding ortho intramolecular Hbond substituents is 1. The van der Waals surface area contributed by atoms with Crippen LogP contribution in [0.4, 0.5) is 0 Å². The van der Waals surface area contributed by atoms with E-state index in [1.54, 1.807) is 13.2 Å². The highest BCUT2D eigenvalue weighted by Gasteiger charge is 2.27. The maximum atomic E-state index is 11.8. The van der Waals surface area contributed by atoms with Gasteiger partial charge in [0.05, 0.1) is 13.2 Å². The predicted molar refractivity (Wildman–Crippen MR) is 132 cm³/mol. The molecule has 6 bridgehead atoms. The van der Waals surface area contributed by atoms with Crippen molar-refractivity contribution < 1.29 is 24.5 Å². The number of carbonyl (C=O) groups excluding carboxylic acids is 1. The van der Waals surface area contributed by atoms with E-state index in [4.69, 9.17) is 9.47 Å². The molecule has 0 amide bonds. The van der Waals surface area contributed by atoms with E-state index in [-0.39, 0.29) is 29.9 Å². The molecule has 2 aromatic carbocycles. The second kappa shape index (κ2) is 11.2. The number of nitrogens with one attached hydrogen (secondary N) is 1. The zero-order valence-corrected chi connectivity index (χ0v) is 20.3. The number of aliphatic hydroxyl groups is 1. The van der Waals surface area contributed by atoms with Crippen LogP contribution in [-0.4, -0.2) is 47.6 Å². The lowest BCUT2D eigenvalue weighted by Crippen LogP contribution is -2.45. The van der Waals surface area contributed by atoms with Crippen LogP contribution in [0.15, 0.2) is 36.4 Å². The molecule has 4 atom stereocenters. The van der Waals surface area contributed by atoms with Crippen LogP contribution in [0, 0.1) is 0 Å². The number of fused-ring (bicyclic) bond motifs is 7. The van der Waals surface area contributed by atoms with E-state index in [0.717, 1.165) is 67.2 Å². The second-order valence-electron chi connectivity index (χ2n) is 9.81. The van der Waals surface area contributed by atoms with Gasteiger partial charge in [0.1, 0.15) is 17.6 Å². The Hall–Kier alpha value is -2.57. The molecule has 3 N–H and O–H groups in total. The van der Waals surface area contributed by atoms with Crippen molar-refractivity contribution in [2.75, 3.05) is 7.11 Å². The van der Waals surface area contributed by atoms with E-state index in [1.807, 2.05) is 24.3 Å². The van der Waals surface area contributed by atoms with E-state index in [0.29, 0.717) is 18.6 Å². The molecule has 0 spiro atoms. The number of carbonyl (C=O) groups is 1. The summed E-state index contributed by atoms with van der Waals surface area (Å²) in [4.78, 5) is 11.8. The second-order valence-corrected chi connectivity index (χ2v) is 9.81. The number of hydrogen-bond donors (Lipinski definition) is 3. The molecular formula is C28H37NO5. The molecule has 184 valence electrons. The number of ether oxygens (including phenoxy) is 2. The van der Waals surface area contributed by atoms with Crippen molar-refractivity contribution in [3.8, 4) is 22.6 Å². The number of benzene rings is 2. The van der Waals surface area contributed by atoms with Crippen LogP contribution in [0.1, 0.15) is 63.0 Å². The highest BCUT2D eigenvalue weighted by molar-refractivity contribution is 5.76. The highest BCUT2D eigenvalue weighted by Crippen LogP contribution is 2.38. The number of esters is 1. The number of aromatic hydroxyl groups is 1. The average molecular weight is 468 g/mol. The van der Waals surface area contributed by atoms with Crippen molar-refractivity contribution >= 4 is 5.97 Å². The van der Waals surface area contributed by atoms with Gasteiger partial charge in [0.15, 0.2) is 0 Å². The van der Waals surface area contributed by atoms with Crippen LogP contribution in [0.5, 0.6) is 11.5 Å². The Morgan fingerprint density at radius 1 is 0.941 bits per heavy atom. The minimum atomic E-state index is -0.397. The number of aryl methyl sites for hydroxylation is 2. The molecular weight excluding hydrogens is 430 g/mol. The summed E-state index contributed by atoms with van der Waals surface area (Å²) in [6.45, 7) is 1.47. The van der Waals surface area contributed by atoms with Gasteiger partial charge in [-0.3, -0.25) is 4.79 Å². The number of hydrogen-bond acceptors (Lipinski definition) is 6. The van der Waals surface area contributed by atoms with Crippen molar-refractivity contribution in [1.29, 1.82) is 0 Å². The molecule has 4 unspecified atom stereocenters. The highest BCUT2D eigenvalue weighted by atomic mass is 16.5. The number of rotatable bonds is 2. The van der Waals surface area contributed by atoms with Gasteiger partial charge in [-0.2, -0.15) is 0 Å². The molecule has 34 heavy (non-hydrogen) atoms. The lowest BCUT2D eigenvalue weighted by atomic mass is 9.90. The minimum Gasteiger partial charge on any atom is -0.507 e. The standard InChI is InChI=1S/C28H37NO5/c1-18(30)34-24-11-7-20-9-13-28(33-2)26(15-20)25-14-19(8-12-27(25)32)6-10-23(31)16-21-4-3-5-22(17-24)29-21/h8-9,12-15,21-24,29,31-32H,3-7,10-11,16-17H2,1-2H3. The van der Waals surface area contributed by atoms with Gasteiger partial charge in [0, 0.05) is 30.1 Å². The van der Waals surface area contributed by atoms with E-state index in [2.05, 4.69) is 11.4 Å². The van der Waals surface area contributed by atoms with Crippen LogP contribution in [0.3, 0.4) is 0 Å². The van der Waals surface area contributed by atoms with Crippen LogP contribution < -0.4 is 10.1 Å². The van der Waals surface area contributed by atoms with Crippen LogP contribution >= 0.6 is 0 Å². The first-order chi connectivity index (χ1) is 16.4. The third-order valence-electron chi connectivity index (χ3n) is 7.15. The number of aliphatic hydroxyl groups excluding tert-OH is 1. The molecule has 1 fully saturated rings. The number of phenols is 1. The Morgan fingerprint density at radius 3 is 2.35 bits per heavy atom. The fraction of sp³-hybridized carbons (Fsp3) is 0.536. The van der Waals surface area contributed by atoms with E-state index >= 15 is 0 Å². The fourth-order valence-corrected chi connectivity index (χ4v) is 5.44. The van der Waals surface area contributed by atoms with Gasteiger partial charge in [-0.1, -0.05) is 18.6 Å². The van der Waals surface area contributed by atoms with Crippen LogP contribution in [-0.2, 0) is 22.4 Å². The summed E-state index contributed by atoms with van der Waals surface area (Å²) in [5.74, 6) is 0.646. The van der Waals surface area contributed by atoms with Crippen LogP contribution in [0.25, 0.3) is 11.1 Å². The summed E-state index contributed by atoms with van der Waals surface area (Å²) < 4.78 is 11.3. The smallest absolute Gasteiger partial charge is 0.302 e. The maximum Gasteiger partial charge on any atom is 0.302 e. The first kappa shape index (κ1) is 24.6. The van der Waals surface area contributed by atoms with E-state index in [1.165, 1.54) is 6.92 Å². The Bertz CT molecular complexity index is 991. The monoisotopic (exact) mass is 467 g/mol. The van der Waals surface area contributed by atoms with Crippen molar-refractivity contribution in [2.24, 2.45) is 0 Å². The molecule has 2 heterocycles. The third-order valence-corrected chi connectivity index (χ3v) is 7.15. The molecule has 2 aromatic rings. The van der Waals surface area contributed by atoms with Gasteiger partial charge < -0.3 is 25.0 Å². The zero-order valence-electron chi connectivity index (χ0n) is 20.3. The van der Waals surface area contributed by atoms with Gasteiger partial charge in [0.2, 0.25) is 0 Å². The maximum absolute atomic E-state index is 11.8. The van der Waals surface area contributed by atoms with Gasteiger partial charge >= 0.3 is 5.97 Å². The Labute approximate surface area is 202 Å². The first-order valence-corrected chi connectivity index (χ1v) is 12.5. The molecule has 1 saturated heterocycles.